The molecule has 5 fully saturated rings. The average molecular weight is 420 g/mol. The molecule has 2 saturated carbocycles. The summed E-state index contributed by atoms with van der Waals surface area (Å²) in [5, 5.41) is 10.9. The molecule has 162 valence electrons. The van der Waals surface area contributed by atoms with Crippen molar-refractivity contribution in [3.63, 3.8) is 0 Å². The molecule has 0 aromatic rings. The van der Waals surface area contributed by atoms with Crippen LogP contribution in [0, 0.1) is 16.7 Å². The SMILES string of the molecule is CCC(=O)OC(C)[C@H]1OC(=O)C=C2[C@]3(C)[C@H]4[C@H](OC(=O)[C@@]4(C)[C@@H](O)[C@@H]4O[C@@H]43)[C@H]3O[C@]213. The van der Waals surface area contributed by atoms with E-state index in [1.54, 1.807) is 20.8 Å². The summed E-state index contributed by atoms with van der Waals surface area (Å²) in [7, 11) is 0. The van der Waals surface area contributed by atoms with Gasteiger partial charge in [-0.15, -0.1) is 0 Å². The molecule has 3 saturated heterocycles. The van der Waals surface area contributed by atoms with Crippen molar-refractivity contribution in [2.45, 2.75) is 82.4 Å². The van der Waals surface area contributed by atoms with Gasteiger partial charge in [0, 0.05) is 23.8 Å². The zero-order valence-electron chi connectivity index (χ0n) is 17.1. The van der Waals surface area contributed by atoms with Gasteiger partial charge in [-0.2, -0.15) is 0 Å². The minimum atomic E-state index is -1.16. The lowest BCUT2D eigenvalue weighted by molar-refractivity contribution is -0.172. The summed E-state index contributed by atoms with van der Waals surface area (Å²) in [5.41, 5.74) is -2.28. The van der Waals surface area contributed by atoms with E-state index in [-0.39, 0.29) is 12.5 Å². The van der Waals surface area contributed by atoms with Crippen molar-refractivity contribution < 1.29 is 43.2 Å². The van der Waals surface area contributed by atoms with Crippen LogP contribution in [0.15, 0.2) is 11.6 Å². The third-order valence-electron chi connectivity index (χ3n) is 8.29. The van der Waals surface area contributed by atoms with Crippen LogP contribution < -0.4 is 0 Å². The molecule has 11 atom stereocenters. The molecule has 2 aliphatic carbocycles. The number of fused-ring (bicyclic) bond motifs is 4. The van der Waals surface area contributed by atoms with Gasteiger partial charge in [0.2, 0.25) is 0 Å². The van der Waals surface area contributed by atoms with Gasteiger partial charge < -0.3 is 28.8 Å². The fraction of sp³-hybridized carbons (Fsp3) is 0.762. The average Bonchev–Trinajstić information content (AvgIpc) is 3.60. The quantitative estimate of drug-likeness (QED) is 0.382. The number of hydrogen-bond donors (Lipinski definition) is 1. The summed E-state index contributed by atoms with van der Waals surface area (Å²) >= 11 is 0. The molecule has 6 rings (SSSR count). The lowest BCUT2D eigenvalue weighted by Crippen LogP contribution is -2.66. The molecular formula is C21H24O9. The summed E-state index contributed by atoms with van der Waals surface area (Å²) in [5.74, 6) is -1.86. The van der Waals surface area contributed by atoms with Gasteiger partial charge in [0.1, 0.15) is 29.8 Å². The van der Waals surface area contributed by atoms with E-state index in [1.165, 1.54) is 6.08 Å². The van der Waals surface area contributed by atoms with E-state index in [0.29, 0.717) is 5.57 Å². The van der Waals surface area contributed by atoms with E-state index >= 15 is 0 Å². The molecule has 4 aliphatic heterocycles. The highest BCUT2D eigenvalue weighted by atomic mass is 16.7. The second kappa shape index (κ2) is 5.26. The van der Waals surface area contributed by atoms with Crippen molar-refractivity contribution in [3.05, 3.63) is 11.6 Å². The van der Waals surface area contributed by atoms with Gasteiger partial charge >= 0.3 is 17.9 Å². The van der Waals surface area contributed by atoms with Crippen LogP contribution in [0.1, 0.15) is 34.1 Å². The minimum absolute atomic E-state index is 0.193. The molecule has 0 amide bonds. The van der Waals surface area contributed by atoms with E-state index in [4.69, 9.17) is 23.7 Å². The number of rotatable bonds is 3. The van der Waals surface area contributed by atoms with Crippen LogP contribution in [-0.2, 0) is 38.1 Å². The molecule has 9 heteroatoms. The Labute approximate surface area is 172 Å². The summed E-state index contributed by atoms with van der Waals surface area (Å²) < 4.78 is 28.9. The van der Waals surface area contributed by atoms with Crippen molar-refractivity contribution >= 4 is 17.9 Å². The van der Waals surface area contributed by atoms with Crippen LogP contribution in [-0.4, -0.2) is 71.3 Å². The lowest BCUT2D eigenvalue weighted by atomic mass is 9.46. The monoisotopic (exact) mass is 420 g/mol. The topological polar surface area (TPSA) is 124 Å². The first-order valence-electron chi connectivity index (χ1n) is 10.5. The number of aliphatic hydroxyl groups is 1. The Morgan fingerprint density at radius 1 is 1.20 bits per heavy atom. The molecule has 0 radical (unpaired) electrons. The maximum absolute atomic E-state index is 12.9. The number of epoxide rings is 2. The second-order valence-corrected chi connectivity index (χ2v) is 9.67. The Morgan fingerprint density at radius 3 is 2.63 bits per heavy atom. The molecule has 1 N–H and O–H groups in total. The van der Waals surface area contributed by atoms with Crippen LogP contribution in [0.25, 0.3) is 0 Å². The predicted molar refractivity (Wildman–Crippen MR) is 95.7 cm³/mol. The molecule has 6 aliphatic rings. The third kappa shape index (κ3) is 1.81. The molecule has 1 unspecified atom stereocenters. The minimum Gasteiger partial charge on any atom is -0.459 e. The summed E-state index contributed by atoms with van der Waals surface area (Å²) in [6.45, 7) is 7.01. The highest BCUT2D eigenvalue weighted by Gasteiger charge is 2.89. The number of aliphatic hydroxyl groups excluding tert-OH is 1. The van der Waals surface area contributed by atoms with E-state index in [9.17, 15) is 19.5 Å². The van der Waals surface area contributed by atoms with E-state index in [1.807, 2.05) is 6.92 Å². The maximum atomic E-state index is 12.9. The Kier molecular flexibility index (Phi) is 3.29. The largest absolute Gasteiger partial charge is 0.459 e. The van der Waals surface area contributed by atoms with Crippen LogP contribution in [0.2, 0.25) is 0 Å². The van der Waals surface area contributed by atoms with Gasteiger partial charge in [-0.05, 0) is 19.4 Å². The van der Waals surface area contributed by atoms with Crippen LogP contribution in [0.4, 0.5) is 0 Å². The molecule has 1 spiro atoms. The first kappa shape index (κ1) is 18.8. The fourth-order valence-corrected chi connectivity index (χ4v) is 6.91. The summed E-state index contributed by atoms with van der Waals surface area (Å²) in [6.07, 6.45) is -3.01. The zero-order chi connectivity index (χ0) is 21.4. The Balaban J connectivity index is 1.49. The zero-order valence-corrected chi connectivity index (χ0v) is 17.1. The van der Waals surface area contributed by atoms with Crippen LogP contribution >= 0.6 is 0 Å². The van der Waals surface area contributed by atoms with Crippen molar-refractivity contribution in [2.24, 2.45) is 16.7 Å². The van der Waals surface area contributed by atoms with Crippen LogP contribution in [0.3, 0.4) is 0 Å². The molecule has 9 nitrogen and oxygen atoms in total. The number of ether oxygens (including phenoxy) is 5. The van der Waals surface area contributed by atoms with Crippen molar-refractivity contribution in [1.82, 2.24) is 0 Å². The van der Waals surface area contributed by atoms with E-state index in [2.05, 4.69) is 0 Å². The van der Waals surface area contributed by atoms with Gasteiger partial charge in [-0.3, -0.25) is 9.59 Å². The van der Waals surface area contributed by atoms with Gasteiger partial charge in [0.15, 0.2) is 11.7 Å². The van der Waals surface area contributed by atoms with Crippen molar-refractivity contribution in [3.8, 4) is 0 Å². The number of hydrogen-bond acceptors (Lipinski definition) is 9. The van der Waals surface area contributed by atoms with Crippen molar-refractivity contribution in [1.29, 1.82) is 0 Å². The molecule has 0 aromatic carbocycles. The van der Waals surface area contributed by atoms with Gasteiger partial charge in [-0.25, -0.2) is 4.79 Å². The Bertz CT molecular complexity index is 927. The maximum Gasteiger partial charge on any atom is 0.331 e. The first-order valence-corrected chi connectivity index (χ1v) is 10.5. The highest BCUT2D eigenvalue weighted by molar-refractivity contribution is 5.88. The molecule has 0 bridgehead atoms. The number of esters is 3. The summed E-state index contributed by atoms with van der Waals surface area (Å²) in [4.78, 5) is 37.4. The third-order valence-corrected chi connectivity index (χ3v) is 8.29. The second-order valence-electron chi connectivity index (χ2n) is 9.67. The van der Waals surface area contributed by atoms with Crippen LogP contribution in [0.5, 0.6) is 0 Å². The van der Waals surface area contributed by atoms with Gasteiger partial charge in [0.25, 0.3) is 0 Å². The highest BCUT2D eigenvalue weighted by Crippen LogP contribution is 2.75. The number of carbonyl (C=O) groups excluding carboxylic acids is 3. The molecular weight excluding hydrogens is 396 g/mol. The van der Waals surface area contributed by atoms with Crippen molar-refractivity contribution in [2.75, 3.05) is 0 Å². The first-order chi connectivity index (χ1) is 14.1. The predicted octanol–water partition coefficient (Wildman–Crippen LogP) is 0.0272. The number of cyclic esters (lactones) is 1. The van der Waals surface area contributed by atoms with E-state index < -0.39 is 76.9 Å². The standard InChI is InChI=1S/C21H24O9/c1-5-9(22)26-7(2)15-21-8(6-10(23)27-15)19(3)13-11(17(21)30-21)29-18(25)20(13,4)14(24)12-16(19)28-12/h6-7,11-17,24H,5H2,1-4H3/t7?,11-,12-,13+,14-,15+,16-,17+,19+,20+,21+/m0/s1. The Morgan fingerprint density at radius 2 is 1.93 bits per heavy atom. The normalized spacial score (nSPS) is 55.0. The molecule has 0 aromatic heterocycles. The van der Waals surface area contributed by atoms with Gasteiger partial charge in [0.05, 0.1) is 12.2 Å². The van der Waals surface area contributed by atoms with Gasteiger partial charge in [-0.1, -0.05) is 13.8 Å². The Hall–Kier alpha value is -1.97. The smallest absolute Gasteiger partial charge is 0.331 e. The summed E-state index contributed by atoms with van der Waals surface area (Å²) in [6, 6.07) is 0. The van der Waals surface area contributed by atoms with E-state index in [0.717, 1.165) is 0 Å². The molecule has 30 heavy (non-hydrogen) atoms. The lowest BCUT2D eigenvalue weighted by Gasteiger charge is -2.53. The number of carbonyl (C=O) groups is 3. The fourth-order valence-electron chi connectivity index (χ4n) is 6.91. The molecule has 4 heterocycles.